The van der Waals surface area contributed by atoms with Crippen molar-refractivity contribution in [2.75, 3.05) is 38.8 Å². The van der Waals surface area contributed by atoms with E-state index in [1.807, 2.05) is 25.1 Å². The highest BCUT2D eigenvalue weighted by Gasteiger charge is 2.41. The Hall–Kier alpha value is -3.64. The molecule has 0 aromatic carbocycles. The minimum absolute atomic E-state index is 0.227. The van der Waals surface area contributed by atoms with Crippen molar-refractivity contribution in [1.82, 2.24) is 19.9 Å². The van der Waals surface area contributed by atoms with Crippen LogP contribution < -0.4 is 15.0 Å². The second kappa shape index (κ2) is 8.85. The summed E-state index contributed by atoms with van der Waals surface area (Å²) in [6.45, 7) is 3.83. The van der Waals surface area contributed by atoms with Crippen molar-refractivity contribution in [1.29, 1.82) is 5.26 Å². The zero-order valence-electron chi connectivity index (χ0n) is 18.5. The van der Waals surface area contributed by atoms with Gasteiger partial charge in [-0.1, -0.05) is 0 Å². The molecule has 0 amide bonds. The Morgan fingerprint density at radius 1 is 1.31 bits per heavy atom. The lowest BCUT2D eigenvalue weighted by Crippen LogP contribution is -2.57. The zero-order chi connectivity index (χ0) is 22.7. The van der Waals surface area contributed by atoms with Gasteiger partial charge in [-0.05, 0) is 45.0 Å². The molecule has 1 saturated heterocycles. The van der Waals surface area contributed by atoms with E-state index in [4.69, 9.17) is 9.47 Å². The molecule has 3 aromatic rings. The van der Waals surface area contributed by atoms with Gasteiger partial charge in [-0.25, -0.2) is 9.50 Å². The number of nitrogens with zero attached hydrogens (tertiary/aromatic N) is 5. The van der Waals surface area contributed by atoms with Gasteiger partial charge < -0.3 is 19.7 Å². The minimum Gasteiger partial charge on any atom is -0.492 e. The van der Waals surface area contributed by atoms with Crippen LogP contribution in [0.5, 0.6) is 5.75 Å². The fourth-order valence-corrected chi connectivity index (χ4v) is 4.25. The Morgan fingerprint density at radius 3 is 2.69 bits per heavy atom. The van der Waals surface area contributed by atoms with Crippen LogP contribution >= 0.6 is 0 Å². The van der Waals surface area contributed by atoms with E-state index < -0.39 is 5.54 Å². The number of anilines is 1. The Labute approximate surface area is 186 Å². The Bertz CT molecular complexity index is 1160. The number of hydrogen-bond donors (Lipinski definition) is 1. The number of methoxy groups -OCH3 is 1. The molecule has 0 aliphatic carbocycles. The lowest BCUT2D eigenvalue weighted by atomic mass is 9.87. The average Bonchev–Trinajstić information content (AvgIpc) is 3.26. The highest BCUT2D eigenvalue weighted by molar-refractivity contribution is 5.85. The molecule has 1 N–H and O–H groups in total. The number of pyridine rings is 2. The molecule has 0 radical (unpaired) electrons. The minimum atomic E-state index is -0.647. The van der Waals surface area contributed by atoms with E-state index in [1.54, 1.807) is 30.2 Å². The van der Waals surface area contributed by atoms with Crippen LogP contribution in [-0.4, -0.2) is 60.0 Å². The van der Waals surface area contributed by atoms with Crippen LogP contribution in [0.1, 0.15) is 25.3 Å². The number of nitriles is 1. The summed E-state index contributed by atoms with van der Waals surface area (Å²) in [5.41, 5.74) is 2.28. The molecule has 32 heavy (non-hydrogen) atoms. The number of rotatable bonds is 6. The van der Waals surface area contributed by atoms with Crippen LogP contribution in [0.2, 0.25) is 0 Å². The number of carbonyl (C=O) groups excluding carboxylic acids is 1. The molecule has 4 rings (SSSR count). The third kappa shape index (κ3) is 3.74. The second-order valence-electron chi connectivity index (χ2n) is 7.70. The molecule has 0 atom stereocenters. The number of fused-ring (bicyclic) bond motifs is 1. The molecule has 0 spiro atoms. The van der Waals surface area contributed by atoms with Gasteiger partial charge in [0.2, 0.25) is 0 Å². The normalized spacial score (nSPS) is 15.4. The summed E-state index contributed by atoms with van der Waals surface area (Å²) >= 11 is 0. The van der Waals surface area contributed by atoms with Gasteiger partial charge in [-0.3, -0.25) is 4.79 Å². The molecule has 0 saturated carbocycles. The number of aromatic nitrogens is 3. The van der Waals surface area contributed by atoms with Gasteiger partial charge >= 0.3 is 5.97 Å². The van der Waals surface area contributed by atoms with Crippen LogP contribution in [0.15, 0.2) is 36.8 Å². The SMILES string of the molecule is CCOc1cc(-c2ccc(N3CCC(NC)(C(=O)OC)CC3)nc2)c2c(C#N)cnn2c1. The first-order chi connectivity index (χ1) is 15.5. The predicted octanol–water partition coefficient (Wildman–Crippen LogP) is 2.40. The van der Waals surface area contributed by atoms with Gasteiger partial charge in [-0.15, -0.1) is 0 Å². The standard InChI is InChI=1S/C23H26N6O3/c1-4-32-18-11-19(21-17(12-24)14-27-29(21)15-18)16-5-6-20(26-13-16)28-9-7-23(25-2,8-10-28)22(30)31-3/h5-6,11,13-15,25H,4,7-10H2,1-3H3. The smallest absolute Gasteiger partial charge is 0.326 e. The lowest BCUT2D eigenvalue weighted by molar-refractivity contribution is -0.149. The molecule has 0 unspecified atom stereocenters. The van der Waals surface area contributed by atoms with E-state index in [9.17, 15) is 10.1 Å². The maximum Gasteiger partial charge on any atom is 0.326 e. The summed E-state index contributed by atoms with van der Waals surface area (Å²) in [6, 6.07) is 8.07. The average molecular weight is 435 g/mol. The first-order valence-corrected chi connectivity index (χ1v) is 10.6. The molecule has 3 aromatic heterocycles. The molecule has 9 nitrogen and oxygen atoms in total. The van der Waals surface area contributed by atoms with E-state index in [-0.39, 0.29) is 5.97 Å². The predicted molar refractivity (Wildman–Crippen MR) is 120 cm³/mol. The van der Waals surface area contributed by atoms with Crippen molar-refractivity contribution in [2.45, 2.75) is 25.3 Å². The highest BCUT2D eigenvalue weighted by atomic mass is 16.5. The van der Waals surface area contributed by atoms with Gasteiger partial charge in [0.15, 0.2) is 0 Å². The number of likely N-dealkylation sites (N-methyl/N-ethyl adjacent to an activating group) is 1. The molecular formula is C23H26N6O3. The third-order valence-electron chi connectivity index (χ3n) is 6.07. The summed E-state index contributed by atoms with van der Waals surface area (Å²) in [7, 11) is 3.21. The number of esters is 1. The molecule has 1 fully saturated rings. The summed E-state index contributed by atoms with van der Waals surface area (Å²) < 4.78 is 12.3. The van der Waals surface area contributed by atoms with Gasteiger partial charge in [0.1, 0.15) is 23.2 Å². The van der Waals surface area contributed by atoms with E-state index >= 15 is 0 Å². The summed E-state index contributed by atoms with van der Waals surface area (Å²) in [4.78, 5) is 19.1. The largest absolute Gasteiger partial charge is 0.492 e. The molecule has 1 aliphatic heterocycles. The van der Waals surface area contributed by atoms with Crippen LogP contribution in [0.25, 0.3) is 16.6 Å². The van der Waals surface area contributed by atoms with Crippen LogP contribution in [0.3, 0.4) is 0 Å². The first-order valence-electron chi connectivity index (χ1n) is 10.6. The first kappa shape index (κ1) is 21.6. The third-order valence-corrected chi connectivity index (χ3v) is 6.07. The molecule has 166 valence electrons. The van der Waals surface area contributed by atoms with E-state index in [0.717, 1.165) is 22.5 Å². The van der Waals surface area contributed by atoms with Gasteiger partial charge in [-0.2, -0.15) is 10.4 Å². The molecule has 0 bridgehead atoms. The Balaban J connectivity index is 1.61. The monoisotopic (exact) mass is 434 g/mol. The van der Waals surface area contributed by atoms with E-state index in [1.165, 1.54) is 7.11 Å². The number of hydrogen-bond acceptors (Lipinski definition) is 8. The topological polar surface area (TPSA) is 105 Å². The number of piperidine rings is 1. The van der Waals surface area contributed by atoms with E-state index in [2.05, 4.69) is 26.4 Å². The van der Waals surface area contributed by atoms with Crippen molar-refractivity contribution < 1.29 is 14.3 Å². The quantitative estimate of drug-likeness (QED) is 0.590. The lowest BCUT2D eigenvalue weighted by Gasteiger charge is -2.39. The van der Waals surface area contributed by atoms with Crippen LogP contribution in [0, 0.1) is 11.3 Å². The molecule has 9 heteroatoms. The van der Waals surface area contributed by atoms with Crippen molar-refractivity contribution in [3.05, 3.63) is 42.4 Å². The molecule has 1 aliphatic rings. The van der Waals surface area contributed by atoms with Crippen molar-refractivity contribution in [3.63, 3.8) is 0 Å². The van der Waals surface area contributed by atoms with Crippen molar-refractivity contribution in [2.24, 2.45) is 0 Å². The number of ether oxygens (including phenoxy) is 2. The van der Waals surface area contributed by atoms with Gasteiger partial charge in [0.25, 0.3) is 0 Å². The van der Waals surface area contributed by atoms with Gasteiger partial charge in [0.05, 0.1) is 37.2 Å². The number of nitrogens with one attached hydrogen (secondary N) is 1. The highest BCUT2D eigenvalue weighted by Crippen LogP contribution is 2.32. The summed E-state index contributed by atoms with van der Waals surface area (Å²) in [5.74, 6) is 1.29. The van der Waals surface area contributed by atoms with Crippen LogP contribution in [0.4, 0.5) is 5.82 Å². The maximum atomic E-state index is 12.2. The van der Waals surface area contributed by atoms with Crippen molar-refractivity contribution in [3.8, 4) is 22.9 Å². The zero-order valence-corrected chi connectivity index (χ0v) is 18.5. The van der Waals surface area contributed by atoms with E-state index in [0.29, 0.717) is 43.9 Å². The summed E-state index contributed by atoms with van der Waals surface area (Å²) in [6.07, 6.45) is 6.40. The number of carbonyl (C=O) groups is 1. The Morgan fingerprint density at radius 2 is 2.09 bits per heavy atom. The fourth-order valence-electron chi connectivity index (χ4n) is 4.25. The summed E-state index contributed by atoms with van der Waals surface area (Å²) in [5, 5.41) is 16.9. The fraction of sp³-hybridized carbons (Fsp3) is 0.391. The van der Waals surface area contributed by atoms with Gasteiger partial charge in [0, 0.05) is 30.4 Å². The molecule has 4 heterocycles. The second-order valence-corrected chi connectivity index (χ2v) is 7.70. The van der Waals surface area contributed by atoms with Crippen molar-refractivity contribution >= 4 is 17.3 Å². The molecular weight excluding hydrogens is 408 g/mol. The van der Waals surface area contributed by atoms with Crippen LogP contribution in [-0.2, 0) is 9.53 Å². The maximum absolute atomic E-state index is 12.2. The Kier molecular flexibility index (Phi) is 5.97.